The first-order valence-electron chi connectivity index (χ1n) is 5.50. The summed E-state index contributed by atoms with van der Waals surface area (Å²) in [6, 6.07) is 4.57. The molecule has 2 rings (SSSR count). The minimum Gasteiger partial charge on any atom is -0.462 e. The molecule has 0 unspecified atom stereocenters. The Morgan fingerprint density at radius 2 is 2.33 bits per heavy atom. The Labute approximate surface area is 102 Å². The molecule has 18 heavy (non-hydrogen) atoms. The summed E-state index contributed by atoms with van der Waals surface area (Å²) in [4.78, 5) is 12.0. The van der Waals surface area contributed by atoms with Crippen molar-refractivity contribution < 1.29 is 24.2 Å². The lowest BCUT2D eigenvalue weighted by molar-refractivity contribution is -0.782. The van der Waals surface area contributed by atoms with Crippen molar-refractivity contribution >= 4 is 17.0 Å². The Morgan fingerprint density at radius 3 is 3.11 bits per heavy atom. The van der Waals surface area contributed by atoms with Crippen LogP contribution in [0.25, 0.3) is 11.0 Å². The van der Waals surface area contributed by atoms with Crippen LogP contribution in [0.4, 0.5) is 0 Å². The molecule has 0 amide bonds. The molecule has 0 aliphatic rings. The normalized spacial score (nSPS) is 10.7. The third-order valence-electron chi connectivity index (χ3n) is 2.42. The average Bonchev–Trinajstić information content (AvgIpc) is 2.76. The number of aliphatic hydroxyl groups excluding tert-OH is 1. The third kappa shape index (κ3) is 2.40. The first-order valence-corrected chi connectivity index (χ1v) is 5.50. The van der Waals surface area contributed by atoms with E-state index in [0.29, 0.717) is 12.8 Å². The Kier molecular flexibility index (Phi) is 3.73. The van der Waals surface area contributed by atoms with Crippen molar-refractivity contribution in [2.75, 3.05) is 13.2 Å². The number of carbonyl (C=O) groups excluding carboxylic acids is 1. The van der Waals surface area contributed by atoms with Crippen molar-refractivity contribution in [3.8, 4) is 0 Å². The van der Waals surface area contributed by atoms with Gasteiger partial charge in [0.25, 0.3) is 5.52 Å². The summed E-state index contributed by atoms with van der Waals surface area (Å²) in [5.41, 5.74) is 0.550. The quantitative estimate of drug-likeness (QED) is 0.469. The Hall–Kier alpha value is -2.15. The molecule has 1 N–H and O–H groups in total. The predicted molar refractivity (Wildman–Crippen MR) is 59.6 cm³/mol. The molecule has 0 aliphatic heterocycles. The molecule has 0 saturated carbocycles. The maximum atomic E-state index is 11.8. The van der Waals surface area contributed by atoms with Crippen molar-refractivity contribution in [2.24, 2.45) is 0 Å². The maximum Gasteiger partial charge on any atom is 0.342 e. The summed E-state index contributed by atoms with van der Waals surface area (Å²) in [6.07, 6.45) is 1.15. The smallest absolute Gasteiger partial charge is 0.342 e. The summed E-state index contributed by atoms with van der Waals surface area (Å²) in [6.45, 7) is 0.275. The molecule has 96 valence electrons. The van der Waals surface area contributed by atoms with Gasteiger partial charge in [-0.25, -0.2) is 4.79 Å². The Morgan fingerprint density at radius 1 is 1.50 bits per heavy atom. The van der Waals surface area contributed by atoms with Gasteiger partial charge in [-0.05, 0) is 29.9 Å². The van der Waals surface area contributed by atoms with Gasteiger partial charge in [0.2, 0.25) is 5.52 Å². The summed E-state index contributed by atoms with van der Waals surface area (Å²) >= 11 is 0. The highest BCUT2D eigenvalue weighted by Gasteiger charge is 2.20. The van der Waals surface area contributed by atoms with Crippen molar-refractivity contribution in [3.63, 3.8) is 0 Å². The lowest BCUT2D eigenvalue weighted by atomic mass is 10.2. The van der Waals surface area contributed by atoms with Gasteiger partial charge in [-0.1, -0.05) is 6.07 Å². The minimum absolute atomic E-state index is 0.0621. The van der Waals surface area contributed by atoms with Crippen LogP contribution in [0.15, 0.2) is 22.8 Å². The molecule has 1 heterocycles. The number of aliphatic hydroxyl groups is 1. The highest BCUT2D eigenvalue weighted by atomic mass is 16.8. The van der Waals surface area contributed by atoms with Gasteiger partial charge in [-0.15, -0.1) is 0 Å². The van der Waals surface area contributed by atoms with Gasteiger partial charge in [-0.2, -0.15) is 0 Å². The maximum absolute atomic E-state index is 11.8. The van der Waals surface area contributed by atoms with Gasteiger partial charge < -0.3 is 15.1 Å². The number of unbranched alkanes of at least 4 members (excludes halogenated alkanes) is 1. The van der Waals surface area contributed by atoms with Crippen LogP contribution in [0.2, 0.25) is 0 Å². The number of rotatable bonds is 5. The van der Waals surface area contributed by atoms with Crippen molar-refractivity contribution in [1.29, 1.82) is 0 Å². The van der Waals surface area contributed by atoms with E-state index in [1.807, 2.05) is 0 Å². The second-order valence-electron chi connectivity index (χ2n) is 3.67. The molecular formula is C11H12N2O5. The number of hydrogen-bond acceptors (Lipinski definition) is 6. The molecular weight excluding hydrogens is 240 g/mol. The molecule has 0 spiro atoms. The van der Waals surface area contributed by atoms with Crippen molar-refractivity contribution in [1.82, 2.24) is 5.16 Å². The van der Waals surface area contributed by atoms with E-state index in [1.165, 1.54) is 12.1 Å². The zero-order chi connectivity index (χ0) is 13.0. The molecule has 0 saturated heterocycles. The number of aromatic nitrogens is 2. The van der Waals surface area contributed by atoms with Crippen LogP contribution in [0.3, 0.4) is 0 Å². The van der Waals surface area contributed by atoms with E-state index < -0.39 is 5.97 Å². The van der Waals surface area contributed by atoms with Crippen LogP contribution in [0.1, 0.15) is 23.2 Å². The number of nitrogens with zero attached hydrogens (tertiary/aromatic N) is 2. The number of fused-ring (bicyclic) bond motifs is 1. The number of ether oxygens (including phenoxy) is 1. The van der Waals surface area contributed by atoms with Crippen molar-refractivity contribution in [2.45, 2.75) is 12.8 Å². The number of carbonyl (C=O) groups is 1. The monoisotopic (exact) mass is 252 g/mol. The number of hydrogen-bond donors (Lipinski definition) is 1. The van der Waals surface area contributed by atoms with Crippen LogP contribution in [-0.2, 0) is 4.74 Å². The van der Waals surface area contributed by atoms with Gasteiger partial charge >= 0.3 is 5.97 Å². The van der Waals surface area contributed by atoms with Gasteiger partial charge in [0, 0.05) is 11.8 Å². The highest BCUT2D eigenvalue weighted by Crippen LogP contribution is 2.14. The van der Waals surface area contributed by atoms with Crippen LogP contribution in [-0.4, -0.2) is 29.4 Å². The van der Waals surface area contributed by atoms with Crippen LogP contribution in [0.5, 0.6) is 0 Å². The number of esters is 1. The molecule has 7 heteroatoms. The van der Waals surface area contributed by atoms with E-state index in [-0.39, 0.29) is 34.7 Å². The molecule has 7 nitrogen and oxygen atoms in total. The first-order chi connectivity index (χ1) is 8.74. The molecule has 0 radical (unpaired) electrons. The van der Waals surface area contributed by atoms with E-state index in [4.69, 9.17) is 9.84 Å². The van der Waals surface area contributed by atoms with Crippen LogP contribution in [0, 0.1) is 5.21 Å². The molecule has 1 aromatic heterocycles. The highest BCUT2D eigenvalue weighted by molar-refractivity contribution is 6.00. The van der Waals surface area contributed by atoms with E-state index in [2.05, 4.69) is 9.79 Å². The van der Waals surface area contributed by atoms with Gasteiger partial charge in [0.1, 0.15) is 5.56 Å². The number of benzene rings is 1. The summed E-state index contributed by atoms with van der Waals surface area (Å²) < 4.78 is 9.42. The Balaban J connectivity index is 2.13. The fourth-order valence-corrected chi connectivity index (χ4v) is 1.52. The van der Waals surface area contributed by atoms with E-state index in [1.54, 1.807) is 6.07 Å². The zero-order valence-electron chi connectivity index (χ0n) is 9.54. The van der Waals surface area contributed by atoms with Crippen LogP contribution < -0.4 is 4.90 Å². The standard InChI is InChI=1S/C11H12N2O5/c14-6-1-2-7-17-11(15)8-4-3-5-9-10(8)12-18-13(9)16/h3-5,14H,1-2,6-7H2. The van der Waals surface area contributed by atoms with E-state index >= 15 is 0 Å². The molecule has 1 aromatic carbocycles. The fraction of sp³-hybridized carbons (Fsp3) is 0.364. The Bertz CT molecular complexity index is 551. The second kappa shape index (κ2) is 5.46. The lowest BCUT2D eigenvalue weighted by Gasteiger charge is -2.02. The molecule has 0 aliphatic carbocycles. The SMILES string of the molecule is O=C(OCCCCO)c1cccc2c1no[n+]2[O-]. The summed E-state index contributed by atoms with van der Waals surface area (Å²) in [5, 5.41) is 23.3. The zero-order valence-corrected chi connectivity index (χ0v) is 9.54. The topological polar surface area (TPSA) is 99.5 Å². The minimum atomic E-state index is -0.563. The average molecular weight is 252 g/mol. The van der Waals surface area contributed by atoms with Gasteiger partial charge in [0.05, 0.1) is 6.61 Å². The second-order valence-corrected chi connectivity index (χ2v) is 3.67. The lowest BCUT2D eigenvalue weighted by Crippen LogP contribution is -2.22. The molecule has 0 bridgehead atoms. The summed E-state index contributed by atoms with van der Waals surface area (Å²) in [7, 11) is 0. The van der Waals surface area contributed by atoms with Gasteiger partial charge in [-0.3, -0.25) is 4.63 Å². The van der Waals surface area contributed by atoms with Crippen molar-refractivity contribution in [3.05, 3.63) is 29.0 Å². The fourth-order valence-electron chi connectivity index (χ4n) is 1.52. The summed E-state index contributed by atoms with van der Waals surface area (Å²) in [5.74, 6) is -0.563. The molecule has 0 fully saturated rings. The third-order valence-corrected chi connectivity index (χ3v) is 2.42. The van der Waals surface area contributed by atoms with E-state index in [0.717, 1.165) is 0 Å². The molecule has 0 atom stereocenters. The predicted octanol–water partition coefficient (Wildman–Crippen LogP) is 0.390. The molecule has 2 aromatic rings. The van der Waals surface area contributed by atoms with Gasteiger partial charge in [0.15, 0.2) is 0 Å². The first kappa shape index (κ1) is 12.3. The van der Waals surface area contributed by atoms with Crippen LogP contribution >= 0.6 is 0 Å². The van der Waals surface area contributed by atoms with E-state index in [9.17, 15) is 10.0 Å². The largest absolute Gasteiger partial charge is 0.462 e.